The minimum Gasteiger partial charge on any atom is -0.479 e. The number of ether oxygens (including phenoxy) is 1. The molecule has 1 aliphatic heterocycles. The van der Waals surface area contributed by atoms with E-state index in [1.807, 2.05) is 4.90 Å². The van der Waals surface area contributed by atoms with Gasteiger partial charge in [-0.3, -0.25) is 0 Å². The fraction of sp³-hybridized carbons (Fsp3) is 0.500. The van der Waals surface area contributed by atoms with Crippen molar-refractivity contribution in [1.29, 1.82) is 0 Å². The predicted molar refractivity (Wildman–Crippen MR) is 66.1 cm³/mol. The summed E-state index contributed by atoms with van der Waals surface area (Å²) < 4.78 is 18.2. The third-order valence-corrected chi connectivity index (χ3v) is 3.05. The van der Waals surface area contributed by atoms with E-state index in [1.54, 1.807) is 0 Å². The van der Waals surface area contributed by atoms with Gasteiger partial charge in [0.1, 0.15) is 6.29 Å². The number of anilines is 1. The van der Waals surface area contributed by atoms with Crippen molar-refractivity contribution in [1.82, 2.24) is 9.97 Å². The molecule has 0 saturated carbocycles. The summed E-state index contributed by atoms with van der Waals surface area (Å²) in [6, 6.07) is 0. The lowest BCUT2D eigenvalue weighted by Gasteiger charge is -2.29. The SMILES string of the molecule is O=CC1CCN(c2ncc(F)c(OCC(=O)O)n2)CC1. The molecule has 1 fully saturated rings. The Morgan fingerprint density at radius 1 is 1.55 bits per heavy atom. The van der Waals surface area contributed by atoms with Gasteiger partial charge >= 0.3 is 5.97 Å². The molecule has 0 unspecified atom stereocenters. The number of carbonyl (C=O) groups excluding carboxylic acids is 1. The maximum absolute atomic E-state index is 13.4. The van der Waals surface area contributed by atoms with E-state index in [-0.39, 0.29) is 17.7 Å². The number of piperidine rings is 1. The first-order valence-corrected chi connectivity index (χ1v) is 6.17. The van der Waals surface area contributed by atoms with E-state index in [4.69, 9.17) is 9.84 Å². The van der Waals surface area contributed by atoms with Crippen LogP contribution in [0.1, 0.15) is 12.8 Å². The van der Waals surface area contributed by atoms with Crippen molar-refractivity contribution < 1.29 is 23.8 Å². The second kappa shape index (κ2) is 6.27. The van der Waals surface area contributed by atoms with Gasteiger partial charge in [-0.15, -0.1) is 0 Å². The van der Waals surface area contributed by atoms with Gasteiger partial charge in [-0.1, -0.05) is 0 Å². The zero-order valence-electron chi connectivity index (χ0n) is 10.7. The summed E-state index contributed by atoms with van der Waals surface area (Å²) in [5.41, 5.74) is 0. The summed E-state index contributed by atoms with van der Waals surface area (Å²) in [5, 5.41) is 8.51. The monoisotopic (exact) mass is 283 g/mol. The van der Waals surface area contributed by atoms with Crippen molar-refractivity contribution >= 4 is 18.2 Å². The number of aldehydes is 1. The molecule has 0 aromatic carbocycles. The maximum atomic E-state index is 13.4. The molecule has 1 saturated heterocycles. The van der Waals surface area contributed by atoms with Crippen molar-refractivity contribution in [3.05, 3.63) is 12.0 Å². The normalized spacial score (nSPS) is 15.9. The van der Waals surface area contributed by atoms with Crippen molar-refractivity contribution in [3.8, 4) is 5.88 Å². The van der Waals surface area contributed by atoms with Gasteiger partial charge in [0.05, 0.1) is 6.20 Å². The summed E-state index contributed by atoms with van der Waals surface area (Å²) in [7, 11) is 0. The lowest BCUT2D eigenvalue weighted by atomic mass is 9.99. The molecule has 1 aromatic heterocycles. The lowest BCUT2D eigenvalue weighted by molar-refractivity contribution is -0.139. The molecule has 108 valence electrons. The first kappa shape index (κ1) is 14.2. The van der Waals surface area contributed by atoms with Crippen LogP contribution >= 0.6 is 0 Å². The molecule has 8 heteroatoms. The van der Waals surface area contributed by atoms with E-state index in [0.717, 1.165) is 12.5 Å². The zero-order chi connectivity index (χ0) is 14.5. The average Bonchev–Trinajstić information content (AvgIpc) is 2.46. The van der Waals surface area contributed by atoms with Crippen molar-refractivity contribution in [2.45, 2.75) is 12.8 Å². The van der Waals surface area contributed by atoms with Crippen LogP contribution < -0.4 is 9.64 Å². The van der Waals surface area contributed by atoms with Crippen LogP contribution in [-0.2, 0) is 9.59 Å². The Bertz CT molecular complexity index is 503. The minimum atomic E-state index is -1.21. The van der Waals surface area contributed by atoms with E-state index >= 15 is 0 Å². The highest BCUT2D eigenvalue weighted by Crippen LogP contribution is 2.22. The molecule has 7 nitrogen and oxygen atoms in total. The Morgan fingerprint density at radius 3 is 2.85 bits per heavy atom. The van der Waals surface area contributed by atoms with Crippen LogP contribution in [0, 0.1) is 11.7 Å². The van der Waals surface area contributed by atoms with E-state index < -0.39 is 18.4 Å². The highest BCUT2D eigenvalue weighted by molar-refractivity contribution is 5.68. The Balaban J connectivity index is 2.07. The quantitative estimate of drug-likeness (QED) is 0.786. The highest BCUT2D eigenvalue weighted by Gasteiger charge is 2.21. The standard InChI is InChI=1S/C12H14FN3O4/c13-9-5-14-12(15-11(9)20-7-10(18)19)16-3-1-8(6-17)2-4-16/h5-6,8H,1-4,7H2,(H,18,19). The molecular formula is C12H14FN3O4. The van der Waals surface area contributed by atoms with Crippen LogP contribution in [0.25, 0.3) is 0 Å². The zero-order valence-corrected chi connectivity index (χ0v) is 10.7. The molecule has 1 aromatic rings. The number of halogens is 1. The molecule has 0 atom stereocenters. The van der Waals surface area contributed by atoms with E-state index in [1.165, 1.54) is 0 Å². The predicted octanol–water partition coefficient (Wildman–Crippen LogP) is 0.494. The number of hydrogen-bond acceptors (Lipinski definition) is 6. The molecule has 2 heterocycles. The second-order valence-corrected chi connectivity index (χ2v) is 4.47. The van der Waals surface area contributed by atoms with Crippen LogP contribution in [-0.4, -0.2) is 47.0 Å². The van der Waals surface area contributed by atoms with E-state index in [2.05, 4.69) is 9.97 Å². The number of nitrogens with zero attached hydrogens (tertiary/aromatic N) is 3. The molecule has 0 spiro atoms. The molecule has 0 aliphatic carbocycles. The number of carboxylic acids is 1. The van der Waals surface area contributed by atoms with Gasteiger partial charge < -0.3 is 19.5 Å². The lowest BCUT2D eigenvalue weighted by Crippen LogP contribution is -2.35. The highest BCUT2D eigenvalue weighted by atomic mass is 19.1. The first-order valence-electron chi connectivity index (χ1n) is 6.17. The van der Waals surface area contributed by atoms with Crippen LogP contribution in [0.4, 0.5) is 10.3 Å². The molecule has 1 aliphatic rings. The largest absolute Gasteiger partial charge is 0.479 e. The molecule has 1 N–H and O–H groups in total. The Kier molecular flexibility index (Phi) is 4.44. The summed E-state index contributed by atoms with van der Waals surface area (Å²) in [6.45, 7) is 0.515. The molecular weight excluding hydrogens is 269 g/mol. The van der Waals surface area contributed by atoms with E-state index in [0.29, 0.717) is 25.9 Å². The van der Waals surface area contributed by atoms with Crippen LogP contribution in [0.3, 0.4) is 0 Å². The first-order chi connectivity index (χ1) is 9.60. The van der Waals surface area contributed by atoms with Gasteiger partial charge in [0.25, 0.3) is 5.88 Å². The maximum Gasteiger partial charge on any atom is 0.341 e. The third kappa shape index (κ3) is 3.40. The Labute approximate surface area is 114 Å². The summed E-state index contributed by atoms with van der Waals surface area (Å²) in [6.07, 6.45) is 3.26. The number of hydrogen-bond donors (Lipinski definition) is 1. The van der Waals surface area contributed by atoms with Crippen LogP contribution in [0.5, 0.6) is 5.88 Å². The van der Waals surface area contributed by atoms with Gasteiger partial charge in [-0.2, -0.15) is 9.37 Å². The van der Waals surface area contributed by atoms with Crippen molar-refractivity contribution in [2.24, 2.45) is 5.92 Å². The van der Waals surface area contributed by atoms with Gasteiger partial charge in [-0.25, -0.2) is 9.78 Å². The molecule has 0 radical (unpaired) electrons. The third-order valence-electron chi connectivity index (χ3n) is 3.05. The Morgan fingerprint density at radius 2 is 2.25 bits per heavy atom. The molecule has 2 rings (SSSR count). The Hall–Kier alpha value is -2.25. The van der Waals surface area contributed by atoms with Gasteiger partial charge in [-0.05, 0) is 12.8 Å². The fourth-order valence-electron chi connectivity index (χ4n) is 1.96. The summed E-state index contributed by atoms with van der Waals surface area (Å²) in [5.74, 6) is -2.09. The number of carboxylic acid groups (broad SMARTS) is 1. The number of aliphatic carboxylic acids is 1. The summed E-state index contributed by atoms with van der Waals surface area (Å²) in [4.78, 5) is 30.6. The molecule has 0 amide bonds. The number of carbonyl (C=O) groups is 2. The van der Waals surface area contributed by atoms with Crippen LogP contribution in [0.2, 0.25) is 0 Å². The topological polar surface area (TPSA) is 92.6 Å². The van der Waals surface area contributed by atoms with E-state index in [9.17, 15) is 14.0 Å². The van der Waals surface area contributed by atoms with Crippen molar-refractivity contribution in [3.63, 3.8) is 0 Å². The summed E-state index contributed by atoms with van der Waals surface area (Å²) >= 11 is 0. The molecule has 20 heavy (non-hydrogen) atoms. The smallest absolute Gasteiger partial charge is 0.341 e. The average molecular weight is 283 g/mol. The second-order valence-electron chi connectivity index (χ2n) is 4.47. The molecule has 0 bridgehead atoms. The minimum absolute atomic E-state index is 0.0365. The van der Waals surface area contributed by atoms with Crippen molar-refractivity contribution in [2.75, 3.05) is 24.6 Å². The van der Waals surface area contributed by atoms with Gasteiger partial charge in [0.15, 0.2) is 6.61 Å². The van der Waals surface area contributed by atoms with Gasteiger partial charge in [0, 0.05) is 19.0 Å². The number of aromatic nitrogens is 2. The van der Waals surface area contributed by atoms with Gasteiger partial charge in [0.2, 0.25) is 11.8 Å². The van der Waals surface area contributed by atoms with Crippen LogP contribution in [0.15, 0.2) is 6.20 Å². The fourth-order valence-corrected chi connectivity index (χ4v) is 1.96. The number of rotatable bonds is 5.